The lowest BCUT2D eigenvalue weighted by Gasteiger charge is -1.96. The third kappa shape index (κ3) is 2.43. The first-order chi connectivity index (χ1) is 6.13. The predicted octanol–water partition coefficient (Wildman–Crippen LogP) is 0.936. The van der Waals surface area contributed by atoms with Crippen molar-refractivity contribution < 1.29 is 19.1 Å². The number of rotatable bonds is 2. The van der Waals surface area contributed by atoms with Gasteiger partial charge >= 0.3 is 11.9 Å². The molecule has 0 aromatic carbocycles. The summed E-state index contributed by atoms with van der Waals surface area (Å²) in [7, 11) is 0. The van der Waals surface area contributed by atoms with Gasteiger partial charge in [-0.05, 0) is 19.9 Å². The maximum Gasteiger partial charge on any atom is 0.339 e. The Kier molecular flexibility index (Phi) is 2.84. The molecule has 0 spiro atoms. The minimum absolute atomic E-state index is 0.237. The maximum atomic E-state index is 10.9. The van der Waals surface area contributed by atoms with Gasteiger partial charge in [0.15, 0.2) is 0 Å². The molecule has 0 saturated heterocycles. The Bertz CT molecular complexity index is 299. The third-order valence-electron chi connectivity index (χ3n) is 1.44. The largest absolute Gasteiger partial charge is 0.463 e. The van der Waals surface area contributed by atoms with E-state index in [0.717, 1.165) is 6.08 Å². The molecule has 70 valence electrons. The highest BCUT2D eigenvalue weighted by atomic mass is 16.5. The van der Waals surface area contributed by atoms with Crippen LogP contribution in [0.5, 0.6) is 0 Å². The van der Waals surface area contributed by atoms with Crippen molar-refractivity contribution in [3.63, 3.8) is 0 Å². The molecular weight excluding hydrogens is 172 g/mol. The van der Waals surface area contributed by atoms with E-state index in [9.17, 15) is 9.59 Å². The molecule has 1 aliphatic rings. The second-order valence-corrected chi connectivity index (χ2v) is 2.52. The summed E-state index contributed by atoms with van der Waals surface area (Å²) in [6.07, 6.45) is 2.65. The lowest BCUT2D eigenvalue weighted by molar-refractivity contribution is -0.137. The number of cyclic esters (lactones) is 1. The van der Waals surface area contributed by atoms with Crippen LogP contribution in [0, 0.1) is 0 Å². The van der Waals surface area contributed by atoms with E-state index in [2.05, 4.69) is 4.74 Å². The van der Waals surface area contributed by atoms with Gasteiger partial charge in [-0.15, -0.1) is 0 Å². The minimum Gasteiger partial charge on any atom is -0.463 e. The fraction of sp³-hybridized carbons (Fsp3) is 0.333. The summed E-state index contributed by atoms with van der Waals surface area (Å²) in [5.74, 6) is -0.687. The number of esters is 2. The van der Waals surface area contributed by atoms with Gasteiger partial charge < -0.3 is 9.47 Å². The van der Waals surface area contributed by atoms with Gasteiger partial charge in [0.2, 0.25) is 0 Å². The summed E-state index contributed by atoms with van der Waals surface area (Å²) in [6, 6.07) is 0. The predicted molar refractivity (Wildman–Crippen MR) is 44.6 cm³/mol. The summed E-state index contributed by atoms with van der Waals surface area (Å²) in [5, 5.41) is 0. The Hall–Kier alpha value is -1.58. The lowest BCUT2D eigenvalue weighted by atomic mass is 10.3. The van der Waals surface area contributed by atoms with Gasteiger partial charge in [0, 0.05) is 5.57 Å². The smallest absolute Gasteiger partial charge is 0.339 e. The van der Waals surface area contributed by atoms with Crippen LogP contribution in [0.15, 0.2) is 23.5 Å². The van der Waals surface area contributed by atoms with Gasteiger partial charge in [-0.2, -0.15) is 0 Å². The Morgan fingerprint density at radius 3 is 2.85 bits per heavy atom. The Labute approximate surface area is 75.8 Å². The van der Waals surface area contributed by atoms with Gasteiger partial charge in [-0.1, -0.05) is 0 Å². The van der Waals surface area contributed by atoms with Crippen LogP contribution in [-0.4, -0.2) is 18.5 Å². The van der Waals surface area contributed by atoms with Crippen molar-refractivity contribution in [2.24, 2.45) is 0 Å². The molecule has 0 saturated carbocycles. The normalized spacial score (nSPS) is 18.5. The average Bonchev–Trinajstić information content (AvgIpc) is 2.31. The highest BCUT2D eigenvalue weighted by Crippen LogP contribution is 2.15. The summed E-state index contributed by atoms with van der Waals surface area (Å²) in [4.78, 5) is 21.7. The van der Waals surface area contributed by atoms with Crippen molar-refractivity contribution in [1.82, 2.24) is 0 Å². The van der Waals surface area contributed by atoms with E-state index in [1.54, 1.807) is 13.8 Å². The molecule has 0 bridgehead atoms. The molecule has 0 N–H and O–H groups in total. The molecule has 0 aliphatic carbocycles. The van der Waals surface area contributed by atoms with Crippen LogP contribution in [-0.2, 0) is 19.1 Å². The number of carbonyl (C=O) groups excluding carboxylic acids is 2. The maximum absolute atomic E-state index is 10.9. The first-order valence-electron chi connectivity index (χ1n) is 3.92. The number of hydrogen-bond donors (Lipinski definition) is 0. The second kappa shape index (κ2) is 3.89. The molecule has 1 rings (SSSR count). The zero-order valence-electron chi connectivity index (χ0n) is 7.49. The molecule has 0 aromatic heterocycles. The van der Waals surface area contributed by atoms with E-state index in [4.69, 9.17) is 4.74 Å². The summed E-state index contributed by atoms with van der Waals surface area (Å²) < 4.78 is 9.36. The van der Waals surface area contributed by atoms with Crippen LogP contribution in [0.25, 0.3) is 0 Å². The number of ether oxygens (including phenoxy) is 2. The van der Waals surface area contributed by atoms with E-state index in [1.807, 2.05) is 0 Å². The number of hydrogen-bond acceptors (Lipinski definition) is 4. The van der Waals surface area contributed by atoms with Gasteiger partial charge in [0.05, 0.1) is 12.7 Å². The Morgan fingerprint density at radius 2 is 2.38 bits per heavy atom. The molecule has 4 nitrogen and oxygen atoms in total. The first-order valence-corrected chi connectivity index (χ1v) is 3.92. The van der Waals surface area contributed by atoms with Gasteiger partial charge in [0.25, 0.3) is 0 Å². The van der Waals surface area contributed by atoms with Crippen molar-refractivity contribution in [2.75, 3.05) is 6.61 Å². The minimum atomic E-state index is -0.503. The molecule has 1 aliphatic heterocycles. The zero-order chi connectivity index (χ0) is 9.84. The van der Waals surface area contributed by atoms with E-state index in [1.165, 1.54) is 6.08 Å². The molecule has 0 atom stereocenters. The monoisotopic (exact) mass is 182 g/mol. The van der Waals surface area contributed by atoms with Crippen molar-refractivity contribution >= 4 is 11.9 Å². The second-order valence-electron chi connectivity index (χ2n) is 2.52. The fourth-order valence-electron chi connectivity index (χ4n) is 0.861. The third-order valence-corrected chi connectivity index (χ3v) is 1.44. The number of allylic oxidation sites excluding steroid dienone is 1. The van der Waals surface area contributed by atoms with Crippen molar-refractivity contribution in [3.05, 3.63) is 23.5 Å². The van der Waals surface area contributed by atoms with E-state index in [-0.39, 0.29) is 5.76 Å². The van der Waals surface area contributed by atoms with E-state index < -0.39 is 11.9 Å². The lowest BCUT2D eigenvalue weighted by Crippen LogP contribution is -2.02. The Morgan fingerprint density at radius 1 is 1.69 bits per heavy atom. The van der Waals surface area contributed by atoms with Crippen LogP contribution in [0.3, 0.4) is 0 Å². The highest BCUT2D eigenvalue weighted by Gasteiger charge is 2.17. The summed E-state index contributed by atoms with van der Waals surface area (Å²) in [5.41, 5.74) is 0.482. The molecule has 0 fully saturated rings. The summed E-state index contributed by atoms with van der Waals surface area (Å²) in [6.45, 7) is 3.63. The first kappa shape index (κ1) is 9.51. The average molecular weight is 182 g/mol. The van der Waals surface area contributed by atoms with Crippen molar-refractivity contribution in [1.29, 1.82) is 0 Å². The topological polar surface area (TPSA) is 52.6 Å². The van der Waals surface area contributed by atoms with Crippen LogP contribution in [0.2, 0.25) is 0 Å². The molecule has 0 amide bonds. The molecule has 4 heteroatoms. The van der Waals surface area contributed by atoms with Crippen LogP contribution in [0.1, 0.15) is 13.8 Å². The molecule has 0 aromatic rings. The van der Waals surface area contributed by atoms with E-state index >= 15 is 0 Å². The van der Waals surface area contributed by atoms with Crippen molar-refractivity contribution in [2.45, 2.75) is 13.8 Å². The highest BCUT2D eigenvalue weighted by molar-refractivity contribution is 5.94. The Balaban J connectivity index is 2.65. The quantitative estimate of drug-likeness (QED) is 0.471. The van der Waals surface area contributed by atoms with Gasteiger partial charge in [-0.3, -0.25) is 0 Å². The zero-order valence-corrected chi connectivity index (χ0v) is 7.49. The summed E-state index contributed by atoms with van der Waals surface area (Å²) >= 11 is 0. The molecule has 0 radical (unpaired) electrons. The molecule has 0 unspecified atom stereocenters. The molecular formula is C9H10O4. The number of carbonyl (C=O) groups is 2. The van der Waals surface area contributed by atoms with Crippen LogP contribution >= 0.6 is 0 Å². The van der Waals surface area contributed by atoms with Gasteiger partial charge in [0.1, 0.15) is 5.76 Å². The van der Waals surface area contributed by atoms with Crippen LogP contribution < -0.4 is 0 Å². The fourth-order valence-corrected chi connectivity index (χ4v) is 0.861. The standard InChI is InChI=1S/C9H10O4/c1-3-12-8(10)5-7-4-6(2)9(11)13-7/h4-5H,3H2,1-2H3/b7-5+. The van der Waals surface area contributed by atoms with E-state index in [0.29, 0.717) is 12.2 Å². The van der Waals surface area contributed by atoms with Gasteiger partial charge in [-0.25, -0.2) is 9.59 Å². The molecule has 13 heavy (non-hydrogen) atoms. The SMILES string of the molecule is CCOC(=O)/C=C1\C=C(C)C(=O)O1. The van der Waals surface area contributed by atoms with Crippen molar-refractivity contribution in [3.8, 4) is 0 Å². The van der Waals surface area contributed by atoms with Crippen LogP contribution in [0.4, 0.5) is 0 Å². The molecule has 1 heterocycles.